The highest BCUT2D eigenvalue weighted by atomic mass is 19.1. The second-order valence-corrected chi connectivity index (χ2v) is 5.28. The van der Waals surface area contributed by atoms with E-state index in [0.717, 1.165) is 18.7 Å². The molecular weight excluding hydrogens is 297 g/mol. The third-order valence-electron chi connectivity index (χ3n) is 3.71. The van der Waals surface area contributed by atoms with Crippen LogP contribution in [0.15, 0.2) is 42.6 Å². The van der Waals surface area contributed by atoms with E-state index in [2.05, 4.69) is 15.2 Å². The highest BCUT2D eigenvalue weighted by Crippen LogP contribution is 2.18. The van der Waals surface area contributed by atoms with Crippen molar-refractivity contribution < 1.29 is 13.9 Å². The standard InChI is InChI=1S/C17H18FN3O2/c18-14-5-3-13(4-6-14)12-20-17(22)15-2-1-7-19-16(15)21-8-10-23-11-9-21/h1-7H,8-12H2,(H,20,22). The summed E-state index contributed by atoms with van der Waals surface area (Å²) in [5.74, 6) is 0.193. The van der Waals surface area contributed by atoms with Gasteiger partial charge >= 0.3 is 0 Å². The molecule has 0 unspecified atom stereocenters. The van der Waals surface area contributed by atoms with E-state index < -0.39 is 0 Å². The lowest BCUT2D eigenvalue weighted by molar-refractivity contribution is 0.0949. The van der Waals surface area contributed by atoms with Gasteiger partial charge in [0.25, 0.3) is 5.91 Å². The second kappa shape index (κ2) is 7.19. The molecule has 120 valence electrons. The molecule has 0 bridgehead atoms. The van der Waals surface area contributed by atoms with Gasteiger partial charge in [-0.25, -0.2) is 9.37 Å². The lowest BCUT2D eigenvalue weighted by atomic mass is 10.2. The predicted molar refractivity (Wildman–Crippen MR) is 84.8 cm³/mol. The molecule has 2 aromatic rings. The number of carbonyl (C=O) groups excluding carboxylic acids is 1. The van der Waals surface area contributed by atoms with Crippen molar-refractivity contribution in [3.8, 4) is 0 Å². The average Bonchev–Trinajstić information content (AvgIpc) is 2.62. The Morgan fingerprint density at radius 2 is 1.96 bits per heavy atom. The first-order chi connectivity index (χ1) is 11.2. The van der Waals surface area contributed by atoms with Crippen LogP contribution < -0.4 is 10.2 Å². The summed E-state index contributed by atoms with van der Waals surface area (Å²) < 4.78 is 18.2. The number of aromatic nitrogens is 1. The maximum absolute atomic E-state index is 12.9. The lowest BCUT2D eigenvalue weighted by Crippen LogP contribution is -2.38. The summed E-state index contributed by atoms with van der Waals surface area (Å²) >= 11 is 0. The molecule has 6 heteroatoms. The minimum absolute atomic E-state index is 0.191. The Balaban J connectivity index is 1.70. The number of ether oxygens (including phenoxy) is 1. The smallest absolute Gasteiger partial charge is 0.255 e. The van der Waals surface area contributed by atoms with Crippen molar-refractivity contribution >= 4 is 11.7 Å². The van der Waals surface area contributed by atoms with Crippen LogP contribution in [0.1, 0.15) is 15.9 Å². The van der Waals surface area contributed by atoms with E-state index in [1.165, 1.54) is 12.1 Å². The minimum atomic E-state index is -0.290. The van der Waals surface area contributed by atoms with Crippen molar-refractivity contribution in [2.45, 2.75) is 6.54 Å². The van der Waals surface area contributed by atoms with E-state index in [1.807, 2.05) is 0 Å². The first kappa shape index (κ1) is 15.4. The van der Waals surface area contributed by atoms with E-state index in [1.54, 1.807) is 30.5 Å². The number of nitrogens with one attached hydrogen (secondary N) is 1. The summed E-state index contributed by atoms with van der Waals surface area (Å²) in [6.07, 6.45) is 1.68. The number of carbonyl (C=O) groups is 1. The molecule has 23 heavy (non-hydrogen) atoms. The van der Waals surface area contributed by atoms with Gasteiger partial charge in [0, 0.05) is 25.8 Å². The SMILES string of the molecule is O=C(NCc1ccc(F)cc1)c1cccnc1N1CCOCC1. The van der Waals surface area contributed by atoms with Gasteiger partial charge in [-0.3, -0.25) is 4.79 Å². The van der Waals surface area contributed by atoms with Gasteiger partial charge in [0.1, 0.15) is 11.6 Å². The molecule has 5 nitrogen and oxygen atoms in total. The van der Waals surface area contributed by atoms with E-state index in [0.29, 0.717) is 31.1 Å². The number of halogens is 1. The Labute approximate surface area is 134 Å². The Bertz CT molecular complexity index is 670. The number of nitrogens with zero attached hydrogens (tertiary/aromatic N) is 2. The molecular formula is C17H18FN3O2. The highest BCUT2D eigenvalue weighted by Gasteiger charge is 2.19. The van der Waals surface area contributed by atoms with Gasteiger partial charge in [-0.2, -0.15) is 0 Å². The van der Waals surface area contributed by atoms with Crippen LogP contribution >= 0.6 is 0 Å². The maximum atomic E-state index is 12.9. The van der Waals surface area contributed by atoms with Crippen LogP contribution in [-0.2, 0) is 11.3 Å². The molecule has 2 heterocycles. The van der Waals surface area contributed by atoms with Gasteiger partial charge in [-0.1, -0.05) is 12.1 Å². The van der Waals surface area contributed by atoms with Crippen LogP contribution in [0.4, 0.5) is 10.2 Å². The van der Waals surface area contributed by atoms with Crippen LogP contribution in [0.25, 0.3) is 0 Å². The summed E-state index contributed by atoms with van der Waals surface area (Å²) in [6.45, 7) is 3.04. The first-order valence-electron chi connectivity index (χ1n) is 7.54. The van der Waals surface area contributed by atoms with Gasteiger partial charge in [0.2, 0.25) is 0 Å². The number of anilines is 1. The Hall–Kier alpha value is -2.47. The molecule has 1 amide bonds. The molecule has 0 saturated carbocycles. The number of hydrogen-bond acceptors (Lipinski definition) is 4. The van der Waals surface area contributed by atoms with Gasteiger partial charge in [0.15, 0.2) is 0 Å². The van der Waals surface area contributed by atoms with Gasteiger partial charge in [0.05, 0.1) is 18.8 Å². The molecule has 1 fully saturated rings. The highest BCUT2D eigenvalue weighted by molar-refractivity contribution is 5.98. The Morgan fingerprint density at radius 1 is 1.22 bits per heavy atom. The fourth-order valence-corrected chi connectivity index (χ4v) is 2.48. The Morgan fingerprint density at radius 3 is 2.70 bits per heavy atom. The molecule has 3 rings (SSSR count). The zero-order chi connectivity index (χ0) is 16.1. The molecule has 1 aliphatic rings. The molecule has 1 saturated heterocycles. The normalized spacial score (nSPS) is 14.6. The predicted octanol–water partition coefficient (Wildman–Crippen LogP) is 1.99. The molecule has 1 N–H and O–H groups in total. The van der Waals surface area contributed by atoms with Crippen molar-refractivity contribution in [1.82, 2.24) is 10.3 Å². The summed E-state index contributed by atoms with van der Waals surface area (Å²) in [5.41, 5.74) is 1.38. The van der Waals surface area contributed by atoms with Crippen LogP contribution in [0.2, 0.25) is 0 Å². The van der Waals surface area contributed by atoms with Crippen molar-refractivity contribution in [2.75, 3.05) is 31.2 Å². The molecule has 1 aromatic heterocycles. The molecule has 0 radical (unpaired) electrons. The van der Waals surface area contributed by atoms with Crippen molar-refractivity contribution in [2.24, 2.45) is 0 Å². The van der Waals surface area contributed by atoms with E-state index in [-0.39, 0.29) is 11.7 Å². The quantitative estimate of drug-likeness (QED) is 0.937. The molecule has 0 atom stereocenters. The fraction of sp³-hybridized carbons (Fsp3) is 0.294. The number of pyridine rings is 1. The number of benzene rings is 1. The minimum Gasteiger partial charge on any atom is -0.378 e. The average molecular weight is 315 g/mol. The van der Waals surface area contributed by atoms with Crippen molar-refractivity contribution in [1.29, 1.82) is 0 Å². The third kappa shape index (κ3) is 3.84. The van der Waals surface area contributed by atoms with Gasteiger partial charge in [-0.15, -0.1) is 0 Å². The van der Waals surface area contributed by atoms with E-state index >= 15 is 0 Å². The summed E-state index contributed by atoms with van der Waals surface area (Å²) in [6, 6.07) is 9.58. The summed E-state index contributed by atoms with van der Waals surface area (Å²) in [5, 5.41) is 2.85. The van der Waals surface area contributed by atoms with Crippen LogP contribution in [0.3, 0.4) is 0 Å². The van der Waals surface area contributed by atoms with Crippen LogP contribution in [0, 0.1) is 5.82 Å². The topological polar surface area (TPSA) is 54.5 Å². The molecule has 0 spiro atoms. The van der Waals surface area contributed by atoms with Crippen molar-refractivity contribution in [3.05, 3.63) is 59.5 Å². The zero-order valence-corrected chi connectivity index (χ0v) is 12.7. The van der Waals surface area contributed by atoms with E-state index in [4.69, 9.17) is 4.74 Å². The van der Waals surface area contributed by atoms with Gasteiger partial charge < -0.3 is 15.0 Å². The number of rotatable bonds is 4. The number of hydrogen-bond donors (Lipinski definition) is 1. The van der Waals surface area contributed by atoms with Crippen molar-refractivity contribution in [3.63, 3.8) is 0 Å². The fourth-order valence-electron chi connectivity index (χ4n) is 2.48. The van der Waals surface area contributed by atoms with E-state index in [9.17, 15) is 9.18 Å². The molecule has 1 aliphatic heterocycles. The van der Waals surface area contributed by atoms with Crippen LogP contribution in [0.5, 0.6) is 0 Å². The lowest BCUT2D eigenvalue weighted by Gasteiger charge is -2.29. The summed E-state index contributed by atoms with van der Waals surface area (Å²) in [4.78, 5) is 18.9. The third-order valence-corrected chi connectivity index (χ3v) is 3.71. The Kier molecular flexibility index (Phi) is 4.83. The zero-order valence-electron chi connectivity index (χ0n) is 12.7. The first-order valence-corrected chi connectivity index (χ1v) is 7.54. The second-order valence-electron chi connectivity index (χ2n) is 5.28. The molecule has 1 aromatic carbocycles. The largest absolute Gasteiger partial charge is 0.378 e. The van der Waals surface area contributed by atoms with Gasteiger partial charge in [-0.05, 0) is 29.8 Å². The monoisotopic (exact) mass is 315 g/mol. The number of morpholine rings is 1. The number of amides is 1. The summed E-state index contributed by atoms with van der Waals surface area (Å²) in [7, 11) is 0. The maximum Gasteiger partial charge on any atom is 0.255 e. The van der Waals surface area contributed by atoms with Crippen LogP contribution in [-0.4, -0.2) is 37.2 Å². The molecule has 0 aliphatic carbocycles.